The van der Waals surface area contributed by atoms with Gasteiger partial charge in [0.2, 0.25) is 5.91 Å². The first kappa shape index (κ1) is 12.7. The van der Waals surface area contributed by atoms with Crippen molar-refractivity contribution in [2.45, 2.75) is 6.42 Å². The highest BCUT2D eigenvalue weighted by Crippen LogP contribution is 2.27. The largest absolute Gasteiger partial charge is 0.491 e. The molecule has 0 heterocycles. The van der Waals surface area contributed by atoms with E-state index in [0.29, 0.717) is 15.8 Å². The maximum absolute atomic E-state index is 11.0. The fraction of sp³-hybridized carbons (Fsp3) is 0.273. The predicted molar refractivity (Wildman–Crippen MR) is 63.7 cm³/mol. The highest BCUT2D eigenvalue weighted by molar-refractivity contribution is 9.10. The fourth-order valence-electron chi connectivity index (χ4n) is 1.14. The lowest BCUT2D eigenvalue weighted by atomic mass is 10.2. The molecule has 0 aliphatic carbocycles. The molecule has 16 heavy (non-hydrogen) atoms. The second kappa shape index (κ2) is 6.27. The molecule has 1 aromatic carbocycles. The second-order valence-corrected chi connectivity index (χ2v) is 3.90. The van der Waals surface area contributed by atoms with Crippen LogP contribution in [0.3, 0.4) is 0 Å². The number of benzene rings is 1. The summed E-state index contributed by atoms with van der Waals surface area (Å²) in [6.45, 7) is 0.239. The number of nitrogens with one attached hydrogen (secondary N) is 1. The zero-order valence-electron chi connectivity index (χ0n) is 8.83. The lowest BCUT2D eigenvalue weighted by molar-refractivity contribution is -0.121. The van der Waals surface area contributed by atoms with Crippen LogP contribution in [0, 0.1) is 0 Å². The van der Waals surface area contributed by atoms with Gasteiger partial charge in [-0.2, -0.15) is 0 Å². The van der Waals surface area contributed by atoms with Crippen LogP contribution in [0.15, 0.2) is 22.7 Å². The molecule has 0 spiro atoms. The fourth-order valence-corrected chi connectivity index (χ4v) is 1.64. The molecule has 1 N–H and O–H groups in total. The Morgan fingerprint density at radius 2 is 2.31 bits per heavy atom. The van der Waals surface area contributed by atoms with Crippen molar-refractivity contribution in [2.24, 2.45) is 0 Å². The Hall–Kier alpha value is -1.36. The summed E-state index contributed by atoms with van der Waals surface area (Å²) in [6, 6.07) is 5.19. The van der Waals surface area contributed by atoms with Crippen molar-refractivity contribution in [3.05, 3.63) is 28.2 Å². The highest BCUT2D eigenvalue weighted by atomic mass is 79.9. The van der Waals surface area contributed by atoms with Crippen molar-refractivity contribution in [2.75, 3.05) is 13.7 Å². The first-order valence-corrected chi connectivity index (χ1v) is 5.55. The predicted octanol–water partition coefficient (Wildman–Crippen LogP) is 1.78. The standard InChI is InChI=1S/C11H12BrNO3/c1-13-10(15)5-6-16-11-8(7-14)3-2-4-9(11)12/h2-4,7H,5-6H2,1H3,(H,13,15). The summed E-state index contributed by atoms with van der Waals surface area (Å²) >= 11 is 3.29. The van der Waals surface area contributed by atoms with Gasteiger partial charge in [0.25, 0.3) is 0 Å². The van der Waals surface area contributed by atoms with Crippen LogP contribution in [0.2, 0.25) is 0 Å². The van der Waals surface area contributed by atoms with Crippen LogP contribution in [0.5, 0.6) is 5.75 Å². The first-order valence-electron chi connectivity index (χ1n) is 4.76. The Morgan fingerprint density at radius 3 is 2.94 bits per heavy atom. The van der Waals surface area contributed by atoms with Gasteiger partial charge in [0, 0.05) is 7.05 Å². The topological polar surface area (TPSA) is 55.4 Å². The van der Waals surface area contributed by atoms with Crippen molar-refractivity contribution in [1.29, 1.82) is 0 Å². The number of para-hydroxylation sites is 1. The first-order chi connectivity index (χ1) is 7.69. The van der Waals surface area contributed by atoms with Gasteiger partial charge in [-0.15, -0.1) is 0 Å². The van der Waals surface area contributed by atoms with E-state index in [4.69, 9.17) is 4.74 Å². The van der Waals surface area contributed by atoms with Crippen LogP contribution in [0.4, 0.5) is 0 Å². The van der Waals surface area contributed by atoms with E-state index in [0.717, 1.165) is 6.29 Å². The minimum Gasteiger partial charge on any atom is -0.491 e. The molecule has 0 saturated carbocycles. The molecule has 86 valence electrons. The number of ether oxygens (including phenoxy) is 1. The third-order valence-corrected chi connectivity index (χ3v) is 2.60. The molecule has 0 aliphatic rings. The van der Waals surface area contributed by atoms with Crippen molar-refractivity contribution in [3.63, 3.8) is 0 Å². The van der Waals surface area contributed by atoms with Gasteiger partial charge >= 0.3 is 0 Å². The molecule has 0 aliphatic heterocycles. The lowest BCUT2D eigenvalue weighted by Crippen LogP contribution is -2.20. The molecule has 0 atom stereocenters. The summed E-state index contributed by atoms with van der Waals surface area (Å²) in [4.78, 5) is 21.7. The Labute approximate surface area is 102 Å². The Morgan fingerprint density at radius 1 is 1.56 bits per heavy atom. The van der Waals surface area contributed by atoms with E-state index >= 15 is 0 Å². The lowest BCUT2D eigenvalue weighted by Gasteiger charge is -2.09. The Balaban J connectivity index is 2.65. The molecule has 4 nitrogen and oxygen atoms in total. The van der Waals surface area contributed by atoms with Crippen molar-refractivity contribution in [3.8, 4) is 5.75 Å². The summed E-state index contributed by atoms with van der Waals surface area (Å²) < 4.78 is 6.10. The minimum absolute atomic E-state index is 0.0975. The van der Waals surface area contributed by atoms with E-state index < -0.39 is 0 Å². The van der Waals surface area contributed by atoms with Gasteiger partial charge in [-0.1, -0.05) is 6.07 Å². The number of aldehydes is 1. The number of halogens is 1. The normalized spacial score (nSPS) is 9.62. The Bertz CT molecular complexity index is 393. The SMILES string of the molecule is CNC(=O)CCOc1c(Br)cccc1C=O. The summed E-state index contributed by atoms with van der Waals surface area (Å²) in [5, 5.41) is 2.49. The summed E-state index contributed by atoms with van der Waals surface area (Å²) in [7, 11) is 1.57. The van der Waals surface area contributed by atoms with E-state index in [1.54, 1.807) is 25.2 Å². The van der Waals surface area contributed by atoms with Crippen molar-refractivity contribution < 1.29 is 14.3 Å². The van der Waals surface area contributed by atoms with Gasteiger partial charge in [0.1, 0.15) is 5.75 Å². The number of amides is 1. The van der Waals surface area contributed by atoms with Crippen LogP contribution in [0.25, 0.3) is 0 Å². The summed E-state index contributed by atoms with van der Waals surface area (Å²) in [5.74, 6) is 0.376. The number of hydrogen-bond donors (Lipinski definition) is 1. The minimum atomic E-state index is -0.0975. The maximum Gasteiger partial charge on any atom is 0.223 e. The number of hydrogen-bond acceptors (Lipinski definition) is 3. The number of carbonyl (C=O) groups excluding carboxylic acids is 2. The zero-order valence-corrected chi connectivity index (χ0v) is 10.4. The summed E-state index contributed by atoms with van der Waals surface area (Å²) in [5.41, 5.74) is 0.464. The highest BCUT2D eigenvalue weighted by Gasteiger charge is 2.07. The second-order valence-electron chi connectivity index (χ2n) is 3.05. The van der Waals surface area contributed by atoms with E-state index in [2.05, 4.69) is 21.2 Å². The maximum atomic E-state index is 11.0. The number of carbonyl (C=O) groups is 2. The number of rotatable bonds is 5. The molecular weight excluding hydrogens is 274 g/mol. The molecule has 0 bridgehead atoms. The van der Waals surface area contributed by atoms with E-state index in [-0.39, 0.29) is 18.9 Å². The van der Waals surface area contributed by atoms with Gasteiger partial charge in [-0.3, -0.25) is 9.59 Å². The Kier molecular flexibility index (Phi) is 4.98. The third kappa shape index (κ3) is 3.34. The van der Waals surface area contributed by atoms with E-state index in [9.17, 15) is 9.59 Å². The third-order valence-electron chi connectivity index (χ3n) is 1.98. The van der Waals surface area contributed by atoms with Gasteiger partial charge in [0.15, 0.2) is 6.29 Å². The van der Waals surface area contributed by atoms with Crippen LogP contribution in [-0.4, -0.2) is 25.8 Å². The van der Waals surface area contributed by atoms with Crippen molar-refractivity contribution in [1.82, 2.24) is 5.32 Å². The molecule has 1 amide bonds. The molecule has 0 fully saturated rings. The van der Waals surface area contributed by atoms with E-state index in [1.165, 1.54) is 0 Å². The van der Waals surface area contributed by atoms with Crippen LogP contribution in [-0.2, 0) is 4.79 Å². The molecule has 0 unspecified atom stereocenters. The average Bonchev–Trinajstić information content (AvgIpc) is 2.30. The summed E-state index contributed by atoms with van der Waals surface area (Å²) in [6.07, 6.45) is 0.982. The molecule has 0 saturated heterocycles. The van der Waals surface area contributed by atoms with Gasteiger partial charge < -0.3 is 10.1 Å². The van der Waals surface area contributed by atoms with Gasteiger partial charge in [-0.25, -0.2) is 0 Å². The monoisotopic (exact) mass is 285 g/mol. The van der Waals surface area contributed by atoms with Crippen LogP contribution in [0.1, 0.15) is 16.8 Å². The van der Waals surface area contributed by atoms with Gasteiger partial charge in [-0.05, 0) is 28.1 Å². The molecule has 5 heteroatoms. The molecule has 0 radical (unpaired) electrons. The average molecular weight is 286 g/mol. The van der Waals surface area contributed by atoms with Crippen molar-refractivity contribution >= 4 is 28.1 Å². The molecule has 1 rings (SSSR count). The van der Waals surface area contributed by atoms with Crippen LogP contribution >= 0.6 is 15.9 Å². The van der Waals surface area contributed by atoms with Gasteiger partial charge in [0.05, 0.1) is 23.1 Å². The molecule has 1 aromatic rings. The van der Waals surface area contributed by atoms with E-state index in [1.807, 2.05) is 0 Å². The molecule has 0 aromatic heterocycles. The zero-order chi connectivity index (χ0) is 12.0. The van der Waals surface area contributed by atoms with Crippen LogP contribution < -0.4 is 10.1 Å². The molecular formula is C11H12BrNO3. The quantitative estimate of drug-likeness (QED) is 0.839. The smallest absolute Gasteiger partial charge is 0.223 e.